The van der Waals surface area contributed by atoms with Gasteiger partial charge in [-0.05, 0) is 31.0 Å². The molecule has 1 aromatic rings. The van der Waals surface area contributed by atoms with E-state index in [1.807, 2.05) is 6.07 Å². The molecule has 5 nitrogen and oxygen atoms in total. The number of nitrogens with one attached hydrogen (secondary N) is 1. The van der Waals surface area contributed by atoms with Crippen LogP contribution in [0.4, 0.5) is 0 Å². The molecule has 1 aliphatic rings. The van der Waals surface area contributed by atoms with Gasteiger partial charge in [0.25, 0.3) is 0 Å². The highest BCUT2D eigenvalue weighted by Crippen LogP contribution is 2.14. The monoisotopic (exact) mass is 238 g/mol. The maximum absolute atomic E-state index is 11.6. The van der Waals surface area contributed by atoms with Gasteiger partial charge in [0.05, 0.1) is 19.4 Å². The summed E-state index contributed by atoms with van der Waals surface area (Å²) in [6.07, 6.45) is 2.57. The quantitative estimate of drug-likeness (QED) is 0.769. The number of carbonyl (C=O) groups is 1. The van der Waals surface area contributed by atoms with Crippen molar-refractivity contribution in [2.24, 2.45) is 5.92 Å². The number of carbonyl (C=O) groups excluding carboxylic acids is 1. The second-order valence-electron chi connectivity index (χ2n) is 4.43. The summed E-state index contributed by atoms with van der Waals surface area (Å²) in [7, 11) is 0. The molecular formula is C12H18N2O3. The summed E-state index contributed by atoms with van der Waals surface area (Å²) in [4.78, 5) is 13.7. The third-order valence-electron chi connectivity index (χ3n) is 3.04. The molecule has 1 aromatic heterocycles. The van der Waals surface area contributed by atoms with Crippen molar-refractivity contribution >= 4 is 5.91 Å². The van der Waals surface area contributed by atoms with Gasteiger partial charge in [-0.25, -0.2) is 0 Å². The Balaban J connectivity index is 1.67. The van der Waals surface area contributed by atoms with Crippen molar-refractivity contribution in [3.05, 3.63) is 24.2 Å². The largest absolute Gasteiger partial charge is 0.467 e. The van der Waals surface area contributed by atoms with Crippen LogP contribution in [-0.2, 0) is 11.3 Å². The lowest BCUT2D eigenvalue weighted by molar-refractivity contribution is -0.122. The smallest absolute Gasteiger partial charge is 0.234 e. The van der Waals surface area contributed by atoms with Crippen LogP contribution in [0.25, 0.3) is 0 Å². The summed E-state index contributed by atoms with van der Waals surface area (Å²) in [5, 5.41) is 11.8. The Morgan fingerprint density at radius 2 is 2.53 bits per heavy atom. The van der Waals surface area contributed by atoms with Crippen molar-refractivity contribution in [1.82, 2.24) is 10.2 Å². The zero-order chi connectivity index (χ0) is 12.1. The number of amides is 1. The molecule has 2 heterocycles. The molecule has 0 saturated carbocycles. The topological polar surface area (TPSA) is 65.7 Å². The van der Waals surface area contributed by atoms with Crippen LogP contribution in [0.1, 0.15) is 12.2 Å². The lowest BCUT2D eigenvalue weighted by atomic mass is 10.1. The Morgan fingerprint density at radius 3 is 3.18 bits per heavy atom. The van der Waals surface area contributed by atoms with Crippen LogP contribution in [-0.4, -0.2) is 42.2 Å². The van der Waals surface area contributed by atoms with E-state index in [0.717, 1.165) is 25.3 Å². The standard InChI is InChI=1S/C12H18N2O3/c15-9-10-3-4-14(7-10)8-12(16)13-6-11-2-1-5-17-11/h1-2,5,10,15H,3-4,6-9H2,(H,13,16). The second kappa shape index (κ2) is 5.84. The van der Waals surface area contributed by atoms with Crippen molar-refractivity contribution in [2.45, 2.75) is 13.0 Å². The van der Waals surface area contributed by atoms with Crippen molar-refractivity contribution in [3.8, 4) is 0 Å². The SMILES string of the molecule is O=C(CN1CCC(CO)C1)NCc1ccco1. The van der Waals surface area contributed by atoms with Crippen LogP contribution in [0.2, 0.25) is 0 Å². The summed E-state index contributed by atoms with van der Waals surface area (Å²) < 4.78 is 5.13. The third kappa shape index (κ3) is 3.57. The number of aliphatic hydroxyl groups excluding tert-OH is 1. The third-order valence-corrected chi connectivity index (χ3v) is 3.04. The minimum Gasteiger partial charge on any atom is -0.467 e. The molecule has 0 aliphatic carbocycles. The van der Waals surface area contributed by atoms with E-state index in [2.05, 4.69) is 10.2 Å². The molecule has 94 valence electrons. The zero-order valence-electron chi connectivity index (χ0n) is 9.76. The van der Waals surface area contributed by atoms with E-state index >= 15 is 0 Å². The van der Waals surface area contributed by atoms with E-state index in [1.54, 1.807) is 12.3 Å². The van der Waals surface area contributed by atoms with E-state index in [-0.39, 0.29) is 12.5 Å². The van der Waals surface area contributed by atoms with Gasteiger partial charge in [-0.15, -0.1) is 0 Å². The fourth-order valence-corrected chi connectivity index (χ4v) is 2.06. The van der Waals surface area contributed by atoms with Gasteiger partial charge in [-0.3, -0.25) is 9.69 Å². The Morgan fingerprint density at radius 1 is 1.65 bits per heavy atom. The molecule has 0 aromatic carbocycles. The van der Waals surface area contributed by atoms with Crippen molar-refractivity contribution in [3.63, 3.8) is 0 Å². The molecule has 1 saturated heterocycles. The average molecular weight is 238 g/mol. The van der Waals surface area contributed by atoms with Gasteiger partial charge >= 0.3 is 0 Å². The lowest BCUT2D eigenvalue weighted by Crippen LogP contribution is -2.35. The molecule has 1 aliphatic heterocycles. The summed E-state index contributed by atoms with van der Waals surface area (Å²) in [5.74, 6) is 1.08. The molecule has 5 heteroatoms. The highest BCUT2D eigenvalue weighted by Gasteiger charge is 2.23. The Kier molecular flexibility index (Phi) is 4.17. The average Bonchev–Trinajstić information content (AvgIpc) is 2.97. The number of rotatable bonds is 5. The van der Waals surface area contributed by atoms with Crippen LogP contribution in [0.3, 0.4) is 0 Å². The van der Waals surface area contributed by atoms with Crippen LogP contribution < -0.4 is 5.32 Å². The summed E-state index contributed by atoms with van der Waals surface area (Å²) in [6, 6.07) is 3.63. The highest BCUT2D eigenvalue weighted by atomic mass is 16.3. The molecular weight excluding hydrogens is 220 g/mol. The molecule has 17 heavy (non-hydrogen) atoms. The van der Waals surface area contributed by atoms with Crippen LogP contribution in [0.15, 0.2) is 22.8 Å². The van der Waals surface area contributed by atoms with Crippen molar-refractivity contribution in [1.29, 1.82) is 0 Å². The van der Waals surface area contributed by atoms with Crippen LogP contribution in [0, 0.1) is 5.92 Å². The maximum Gasteiger partial charge on any atom is 0.234 e. The molecule has 0 bridgehead atoms. The minimum absolute atomic E-state index is 0.00000945. The summed E-state index contributed by atoms with van der Waals surface area (Å²) >= 11 is 0. The van der Waals surface area contributed by atoms with Crippen LogP contribution >= 0.6 is 0 Å². The van der Waals surface area contributed by atoms with Gasteiger partial charge in [0.1, 0.15) is 5.76 Å². The molecule has 0 spiro atoms. The number of hydrogen-bond donors (Lipinski definition) is 2. The highest BCUT2D eigenvalue weighted by molar-refractivity contribution is 5.77. The molecule has 1 unspecified atom stereocenters. The van der Waals surface area contributed by atoms with Gasteiger partial charge in [0.15, 0.2) is 0 Å². The second-order valence-corrected chi connectivity index (χ2v) is 4.43. The Hall–Kier alpha value is -1.33. The van der Waals surface area contributed by atoms with Gasteiger partial charge in [0, 0.05) is 13.2 Å². The predicted octanol–water partition coefficient (Wildman–Crippen LogP) is 0.210. The number of nitrogens with zero attached hydrogens (tertiary/aromatic N) is 1. The molecule has 1 fully saturated rings. The predicted molar refractivity (Wildman–Crippen MR) is 62.2 cm³/mol. The van der Waals surface area contributed by atoms with E-state index in [1.165, 1.54) is 0 Å². The van der Waals surface area contributed by atoms with Crippen molar-refractivity contribution < 1.29 is 14.3 Å². The van der Waals surface area contributed by atoms with E-state index < -0.39 is 0 Å². The van der Waals surface area contributed by atoms with Crippen LogP contribution in [0.5, 0.6) is 0 Å². The first-order valence-electron chi connectivity index (χ1n) is 5.90. The number of likely N-dealkylation sites (tertiary alicyclic amines) is 1. The van der Waals surface area contributed by atoms with Crippen molar-refractivity contribution in [2.75, 3.05) is 26.2 Å². The molecule has 0 radical (unpaired) electrons. The number of hydrogen-bond acceptors (Lipinski definition) is 4. The lowest BCUT2D eigenvalue weighted by Gasteiger charge is -2.14. The fourth-order valence-electron chi connectivity index (χ4n) is 2.06. The van der Waals surface area contributed by atoms with Gasteiger partial charge in [-0.2, -0.15) is 0 Å². The minimum atomic E-state index is -0.00000945. The van der Waals surface area contributed by atoms with E-state index in [9.17, 15) is 4.79 Å². The fraction of sp³-hybridized carbons (Fsp3) is 0.583. The van der Waals surface area contributed by atoms with E-state index in [4.69, 9.17) is 9.52 Å². The Labute approximate surface area is 100 Å². The number of furan rings is 1. The first kappa shape index (κ1) is 12.1. The molecule has 2 N–H and O–H groups in total. The normalized spacial score (nSPS) is 20.6. The summed E-state index contributed by atoms with van der Waals surface area (Å²) in [6.45, 7) is 2.74. The van der Waals surface area contributed by atoms with Gasteiger partial charge in [0.2, 0.25) is 5.91 Å². The summed E-state index contributed by atoms with van der Waals surface area (Å²) in [5.41, 5.74) is 0. The first-order chi connectivity index (χ1) is 8.28. The molecule has 2 rings (SSSR count). The Bertz CT molecular complexity index is 351. The van der Waals surface area contributed by atoms with Gasteiger partial charge < -0.3 is 14.8 Å². The van der Waals surface area contributed by atoms with Gasteiger partial charge in [-0.1, -0.05) is 0 Å². The van der Waals surface area contributed by atoms with E-state index in [0.29, 0.717) is 19.0 Å². The molecule has 1 amide bonds. The zero-order valence-corrected chi connectivity index (χ0v) is 9.76. The maximum atomic E-state index is 11.6. The number of aliphatic hydroxyl groups is 1. The first-order valence-corrected chi connectivity index (χ1v) is 5.90. The molecule has 1 atom stereocenters.